The molecule has 1 fully saturated rings. The third kappa shape index (κ3) is 3.51. The van der Waals surface area contributed by atoms with Gasteiger partial charge in [0, 0.05) is 12.6 Å². The van der Waals surface area contributed by atoms with Gasteiger partial charge in [0.25, 0.3) is 0 Å². The topological polar surface area (TPSA) is 29.9 Å². The summed E-state index contributed by atoms with van der Waals surface area (Å²) in [5.74, 6) is 0.747. The van der Waals surface area contributed by atoms with E-state index in [1.54, 1.807) is 0 Å². The average Bonchev–Trinajstić information content (AvgIpc) is 2.67. The van der Waals surface area contributed by atoms with Crippen LogP contribution >= 0.6 is 11.6 Å². The number of hydrogen-bond donors (Lipinski definition) is 1. The van der Waals surface area contributed by atoms with Crippen molar-refractivity contribution in [2.45, 2.75) is 65.5 Å². The second kappa shape index (κ2) is 6.76. The van der Waals surface area contributed by atoms with E-state index in [1.165, 1.54) is 31.4 Å². The van der Waals surface area contributed by atoms with E-state index in [0.717, 1.165) is 36.1 Å². The molecule has 0 spiro atoms. The van der Waals surface area contributed by atoms with Crippen LogP contribution in [0.1, 0.15) is 50.9 Å². The molecule has 0 saturated heterocycles. The van der Waals surface area contributed by atoms with Gasteiger partial charge in [-0.2, -0.15) is 5.10 Å². The molecule has 0 amide bonds. The van der Waals surface area contributed by atoms with Crippen LogP contribution in [0.25, 0.3) is 0 Å². The Kier molecular flexibility index (Phi) is 5.28. The first kappa shape index (κ1) is 14.9. The van der Waals surface area contributed by atoms with Gasteiger partial charge in [0.1, 0.15) is 0 Å². The molecule has 1 aromatic rings. The van der Waals surface area contributed by atoms with Gasteiger partial charge < -0.3 is 5.32 Å². The largest absolute Gasteiger partial charge is 0.314 e. The number of hydrogen-bond acceptors (Lipinski definition) is 2. The molecular weight excluding hydrogens is 258 g/mol. The van der Waals surface area contributed by atoms with Gasteiger partial charge in [-0.3, -0.25) is 4.68 Å². The molecule has 1 heterocycles. The first-order valence-corrected chi connectivity index (χ1v) is 7.98. The van der Waals surface area contributed by atoms with E-state index in [9.17, 15) is 0 Å². The fraction of sp³-hybridized carbons (Fsp3) is 0.800. The Bertz CT molecular complexity index is 412. The highest BCUT2D eigenvalue weighted by atomic mass is 35.5. The van der Waals surface area contributed by atoms with Crippen molar-refractivity contribution < 1.29 is 0 Å². The molecule has 0 aromatic carbocycles. The summed E-state index contributed by atoms with van der Waals surface area (Å²) < 4.78 is 2.08. The molecule has 1 aromatic heterocycles. The van der Waals surface area contributed by atoms with Crippen LogP contribution in [-0.4, -0.2) is 22.4 Å². The van der Waals surface area contributed by atoms with Crippen LogP contribution in [0.2, 0.25) is 5.02 Å². The van der Waals surface area contributed by atoms with Crippen molar-refractivity contribution in [2.24, 2.45) is 5.92 Å². The molecular formula is C15H26ClN3. The Hall–Kier alpha value is -0.540. The summed E-state index contributed by atoms with van der Waals surface area (Å²) in [6.07, 6.45) is 6.34. The average molecular weight is 284 g/mol. The predicted molar refractivity (Wildman–Crippen MR) is 80.8 cm³/mol. The monoisotopic (exact) mass is 283 g/mol. The Balaban J connectivity index is 2.04. The van der Waals surface area contributed by atoms with Crippen molar-refractivity contribution in [2.75, 3.05) is 6.54 Å². The Labute approximate surface area is 121 Å². The van der Waals surface area contributed by atoms with Crippen LogP contribution in [0, 0.1) is 12.8 Å². The molecule has 0 bridgehead atoms. The van der Waals surface area contributed by atoms with Crippen LogP contribution in [0.5, 0.6) is 0 Å². The van der Waals surface area contributed by atoms with Crippen molar-refractivity contribution >= 4 is 11.6 Å². The number of halogens is 1. The van der Waals surface area contributed by atoms with E-state index in [1.807, 2.05) is 6.92 Å². The summed E-state index contributed by atoms with van der Waals surface area (Å²) in [6, 6.07) is 0.696. The molecule has 2 atom stereocenters. The maximum Gasteiger partial charge on any atom is 0.0847 e. The van der Waals surface area contributed by atoms with E-state index in [-0.39, 0.29) is 0 Å². The van der Waals surface area contributed by atoms with Crippen molar-refractivity contribution in [3.8, 4) is 0 Å². The summed E-state index contributed by atoms with van der Waals surface area (Å²) in [5.41, 5.74) is 2.21. The first-order valence-electron chi connectivity index (χ1n) is 7.60. The highest BCUT2D eigenvalue weighted by Crippen LogP contribution is 2.30. The summed E-state index contributed by atoms with van der Waals surface area (Å²) in [4.78, 5) is 0. The fourth-order valence-electron chi connectivity index (χ4n) is 3.29. The van der Waals surface area contributed by atoms with E-state index >= 15 is 0 Å². The third-order valence-electron chi connectivity index (χ3n) is 4.21. The molecule has 0 aliphatic heterocycles. The number of rotatable bonds is 5. The van der Waals surface area contributed by atoms with Crippen LogP contribution in [0.4, 0.5) is 0 Å². The lowest BCUT2D eigenvalue weighted by molar-refractivity contribution is 0.283. The first-order chi connectivity index (χ1) is 9.15. The molecule has 2 unspecified atom stereocenters. The van der Waals surface area contributed by atoms with Gasteiger partial charge in [-0.05, 0) is 52.0 Å². The molecule has 0 radical (unpaired) electrons. The molecule has 1 saturated carbocycles. The number of aromatic nitrogens is 2. The van der Waals surface area contributed by atoms with Crippen LogP contribution < -0.4 is 5.32 Å². The van der Waals surface area contributed by atoms with Gasteiger partial charge in [-0.15, -0.1) is 0 Å². The highest BCUT2D eigenvalue weighted by molar-refractivity contribution is 6.31. The zero-order valence-corrected chi connectivity index (χ0v) is 13.1. The van der Waals surface area contributed by atoms with E-state index < -0.39 is 0 Å². The van der Waals surface area contributed by atoms with E-state index in [0.29, 0.717) is 6.04 Å². The van der Waals surface area contributed by atoms with Gasteiger partial charge in [0.2, 0.25) is 0 Å². The Morgan fingerprint density at radius 1 is 1.37 bits per heavy atom. The molecule has 1 aliphatic rings. The van der Waals surface area contributed by atoms with E-state index in [2.05, 4.69) is 28.9 Å². The standard InChI is InChI=1S/C15H26ClN3/c1-4-17-13-8-6-7-12(9-13)10-14-15(16)11(3)18-19(14)5-2/h12-13,17H,4-10H2,1-3H3. The van der Waals surface area contributed by atoms with Crippen molar-refractivity contribution in [3.05, 3.63) is 16.4 Å². The lowest BCUT2D eigenvalue weighted by Gasteiger charge is -2.29. The number of nitrogens with zero attached hydrogens (tertiary/aromatic N) is 2. The minimum Gasteiger partial charge on any atom is -0.314 e. The maximum atomic E-state index is 6.41. The lowest BCUT2D eigenvalue weighted by Crippen LogP contribution is -2.34. The molecule has 3 nitrogen and oxygen atoms in total. The Morgan fingerprint density at radius 2 is 2.16 bits per heavy atom. The zero-order chi connectivity index (χ0) is 13.8. The molecule has 19 heavy (non-hydrogen) atoms. The Morgan fingerprint density at radius 3 is 2.84 bits per heavy atom. The highest BCUT2D eigenvalue weighted by Gasteiger charge is 2.24. The minimum atomic E-state index is 0.696. The number of aryl methyl sites for hydroxylation is 2. The van der Waals surface area contributed by atoms with E-state index in [4.69, 9.17) is 11.6 Å². The SMILES string of the molecule is CCNC1CCCC(Cc2c(Cl)c(C)nn2CC)C1. The molecule has 1 aliphatic carbocycles. The zero-order valence-electron chi connectivity index (χ0n) is 12.4. The van der Waals surface area contributed by atoms with Crippen molar-refractivity contribution in [1.82, 2.24) is 15.1 Å². The van der Waals surface area contributed by atoms with Gasteiger partial charge >= 0.3 is 0 Å². The van der Waals surface area contributed by atoms with Gasteiger partial charge in [0.05, 0.1) is 16.4 Å². The second-order valence-electron chi connectivity index (χ2n) is 5.65. The second-order valence-corrected chi connectivity index (χ2v) is 6.03. The van der Waals surface area contributed by atoms with Crippen LogP contribution in [0.3, 0.4) is 0 Å². The third-order valence-corrected chi connectivity index (χ3v) is 4.70. The molecule has 4 heteroatoms. The maximum absolute atomic E-state index is 6.41. The summed E-state index contributed by atoms with van der Waals surface area (Å²) in [6.45, 7) is 8.31. The normalized spacial score (nSPS) is 23.8. The van der Waals surface area contributed by atoms with Gasteiger partial charge in [-0.1, -0.05) is 24.9 Å². The minimum absolute atomic E-state index is 0.696. The van der Waals surface area contributed by atoms with Crippen molar-refractivity contribution in [1.29, 1.82) is 0 Å². The van der Waals surface area contributed by atoms with Gasteiger partial charge in [-0.25, -0.2) is 0 Å². The summed E-state index contributed by atoms with van der Waals surface area (Å²) in [7, 11) is 0. The fourth-order valence-corrected chi connectivity index (χ4v) is 3.50. The molecule has 1 N–H and O–H groups in total. The van der Waals surface area contributed by atoms with Crippen molar-refractivity contribution in [3.63, 3.8) is 0 Å². The smallest absolute Gasteiger partial charge is 0.0847 e. The molecule has 2 rings (SSSR count). The predicted octanol–water partition coefficient (Wildman–Crippen LogP) is 3.58. The van der Waals surface area contributed by atoms with Crippen LogP contribution in [-0.2, 0) is 13.0 Å². The van der Waals surface area contributed by atoms with Gasteiger partial charge in [0.15, 0.2) is 0 Å². The lowest BCUT2D eigenvalue weighted by atomic mass is 9.83. The quantitative estimate of drug-likeness (QED) is 0.895. The van der Waals surface area contributed by atoms with Crippen LogP contribution in [0.15, 0.2) is 0 Å². The number of nitrogens with one attached hydrogen (secondary N) is 1. The summed E-state index contributed by atoms with van der Waals surface area (Å²) in [5, 5.41) is 8.99. The molecule has 108 valence electrons. The summed E-state index contributed by atoms with van der Waals surface area (Å²) >= 11 is 6.41.